The van der Waals surface area contributed by atoms with Crippen LogP contribution in [0.3, 0.4) is 0 Å². The first-order valence-electron chi connectivity index (χ1n) is 8.68. The Balaban J connectivity index is 1.56. The van der Waals surface area contributed by atoms with Gasteiger partial charge in [0.2, 0.25) is 5.91 Å². The Morgan fingerprint density at radius 3 is 2.59 bits per heavy atom. The van der Waals surface area contributed by atoms with Gasteiger partial charge in [0.1, 0.15) is 5.25 Å². The van der Waals surface area contributed by atoms with Crippen LogP contribution in [0.15, 0.2) is 47.4 Å². The van der Waals surface area contributed by atoms with Gasteiger partial charge in [-0.3, -0.25) is 14.4 Å². The van der Waals surface area contributed by atoms with Crippen LogP contribution in [0.1, 0.15) is 28.4 Å². The topological polar surface area (TPSA) is 63.7 Å². The Hall–Kier alpha value is -2.60. The zero-order valence-electron chi connectivity index (χ0n) is 15.5. The molecule has 0 fully saturated rings. The molecule has 1 aliphatic heterocycles. The minimum absolute atomic E-state index is 0.00276. The fourth-order valence-electron chi connectivity index (χ4n) is 2.85. The summed E-state index contributed by atoms with van der Waals surface area (Å²) >= 11 is 1.40. The van der Waals surface area contributed by atoms with Crippen molar-refractivity contribution < 1.29 is 19.1 Å². The molecule has 0 N–H and O–H groups in total. The summed E-state index contributed by atoms with van der Waals surface area (Å²) in [4.78, 5) is 38.8. The van der Waals surface area contributed by atoms with Gasteiger partial charge < -0.3 is 9.64 Å². The molecule has 5 nitrogen and oxygen atoms in total. The third kappa shape index (κ3) is 4.39. The molecule has 0 aliphatic carbocycles. The molecule has 0 saturated heterocycles. The van der Waals surface area contributed by atoms with Crippen LogP contribution in [0.4, 0.5) is 5.69 Å². The standard InChI is InChI=1S/C21H21NO4S/c1-13-4-7-17(8-5-13)27-14(2)21(25)26-12-19(23)15-6-9-18-16(10-15)11-20(24)22(18)3/h4-10,14H,11-12H2,1-3H3/t14-/m1/s1. The summed E-state index contributed by atoms with van der Waals surface area (Å²) in [5, 5.41) is -0.410. The van der Waals surface area contributed by atoms with Crippen LogP contribution >= 0.6 is 11.8 Å². The number of fused-ring (bicyclic) bond motifs is 1. The zero-order valence-corrected chi connectivity index (χ0v) is 16.3. The van der Waals surface area contributed by atoms with E-state index in [4.69, 9.17) is 4.74 Å². The molecule has 27 heavy (non-hydrogen) atoms. The number of anilines is 1. The first-order chi connectivity index (χ1) is 12.8. The van der Waals surface area contributed by atoms with Gasteiger partial charge in [-0.25, -0.2) is 0 Å². The summed E-state index contributed by atoms with van der Waals surface area (Å²) in [5.41, 5.74) is 3.24. The number of thioether (sulfide) groups is 1. The number of benzene rings is 2. The van der Waals surface area contributed by atoms with E-state index in [1.54, 1.807) is 37.1 Å². The van der Waals surface area contributed by atoms with Crippen molar-refractivity contribution in [1.29, 1.82) is 0 Å². The van der Waals surface area contributed by atoms with E-state index in [-0.39, 0.29) is 24.7 Å². The molecule has 3 rings (SSSR count). The lowest BCUT2D eigenvalue weighted by atomic mass is 10.1. The SMILES string of the molecule is Cc1ccc(S[C@H](C)C(=O)OCC(=O)c2ccc3c(c2)CC(=O)N3C)cc1. The maximum Gasteiger partial charge on any atom is 0.319 e. The van der Waals surface area contributed by atoms with Gasteiger partial charge in [0.05, 0.1) is 6.42 Å². The number of Topliss-reactive ketones (excluding diaryl/α,β-unsaturated/α-hetero) is 1. The number of ketones is 1. The predicted octanol–water partition coefficient (Wildman–Crippen LogP) is 3.42. The Morgan fingerprint density at radius 1 is 1.19 bits per heavy atom. The van der Waals surface area contributed by atoms with E-state index in [9.17, 15) is 14.4 Å². The van der Waals surface area contributed by atoms with Crippen molar-refractivity contribution >= 4 is 35.1 Å². The van der Waals surface area contributed by atoms with Gasteiger partial charge in [0.25, 0.3) is 0 Å². The fraction of sp³-hybridized carbons (Fsp3) is 0.286. The number of esters is 1. The van der Waals surface area contributed by atoms with Crippen LogP contribution < -0.4 is 4.90 Å². The average Bonchev–Trinajstić information content (AvgIpc) is 2.94. The van der Waals surface area contributed by atoms with Gasteiger partial charge >= 0.3 is 5.97 Å². The first kappa shape index (κ1) is 19.2. The number of amides is 1. The molecule has 0 unspecified atom stereocenters. The highest BCUT2D eigenvalue weighted by atomic mass is 32.2. The number of hydrogen-bond acceptors (Lipinski definition) is 5. The molecule has 1 atom stereocenters. The first-order valence-corrected chi connectivity index (χ1v) is 9.56. The average molecular weight is 383 g/mol. The summed E-state index contributed by atoms with van der Waals surface area (Å²) in [6.07, 6.45) is 0.289. The van der Waals surface area contributed by atoms with E-state index in [2.05, 4.69) is 0 Å². The number of likely N-dealkylation sites (N-methyl/N-ethyl adjacent to an activating group) is 1. The molecule has 0 spiro atoms. The normalized spacial score (nSPS) is 14.0. The van der Waals surface area contributed by atoms with Crippen LogP contribution in [0.2, 0.25) is 0 Å². The van der Waals surface area contributed by atoms with Crippen molar-refractivity contribution in [2.75, 3.05) is 18.6 Å². The predicted molar refractivity (Wildman–Crippen MR) is 105 cm³/mol. The summed E-state index contributed by atoms with van der Waals surface area (Å²) in [6.45, 7) is 3.46. The van der Waals surface area contributed by atoms with Crippen LogP contribution in [0.25, 0.3) is 0 Å². The number of hydrogen-bond donors (Lipinski definition) is 0. The summed E-state index contributed by atoms with van der Waals surface area (Å²) in [5.74, 6) is -0.700. The lowest BCUT2D eigenvalue weighted by Gasteiger charge is -2.12. The van der Waals surface area contributed by atoms with Gasteiger partial charge in [-0.2, -0.15) is 0 Å². The lowest BCUT2D eigenvalue weighted by molar-refractivity contribution is -0.141. The largest absolute Gasteiger partial charge is 0.456 e. The van der Waals surface area contributed by atoms with Crippen LogP contribution in [0.5, 0.6) is 0 Å². The van der Waals surface area contributed by atoms with Gasteiger partial charge in [-0.15, -0.1) is 11.8 Å². The zero-order chi connectivity index (χ0) is 19.6. The number of carbonyl (C=O) groups is 3. The van der Waals surface area contributed by atoms with Gasteiger partial charge in [0.15, 0.2) is 12.4 Å². The second-order valence-corrected chi connectivity index (χ2v) is 7.99. The highest BCUT2D eigenvalue weighted by molar-refractivity contribution is 8.00. The molecule has 0 saturated carbocycles. The lowest BCUT2D eigenvalue weighted by Crippen LogP contribution is -2.21. The molecule has 2 aromatic rings. The Morgan fingerprint density at radius 2 is 1.89 bits per heavy atom. The van der Waals surface area contributed by atoms with Crippen LogP contribution in [-0.4, -0.2) is 36.6 Å². The second-order valence-electron chi connectivity index (χ2n) is 6.58. The summed E-state index contributed by atoms with van der Waals surface area (Å²) in [6, 6.07) is 13.0. The quantitative estimate of drug-likeness (QED) is 0.434. The van der Waals surface area contributed by atoms with Crippen molar-refractivity contribution in [3.8, 4) is 0 Å². The molecule has 6 heteroatoms. The highest BCUT2D eigenvalue weighted by Gasteiger charge is 2.25. The second kappa shape index (κ2) is 7.96. The maximum absolute atomic E-state index is 12.3. The van der Waals surface area contributed by atoms with Crippen molar-refractivity contribution in [3.63, 3.8) is 0 Å². The van der Waals surface area contributed by atoms with Crippen molar-refractivity contribution in [3.05, 3.63) is 59.2 Å². The summed E-state index contributed by atoms with van der Waals surface area (Å²) in [7, 11) is 1.71. The molecule has 1 amide bonds. The molecule has 0 radical (unpaired) electrons. The Bertz CT molecular complexity index is 892. The fourth-order valence-corrected chi connectivity index (χ4v) is 3.72. The number of ether oxygens (including phenoxy) is 1. The van der Waals surface area contributed by atoms with Crippen molar-refractivity contribution in [2.45, 2.75) is 30.4 Å². The molecule has 0 aromatic heterocycles. The van der Waals surface area contributed by atoms with E-state index in [0.717, 1.165) is 21.7 Å². The summed E-state index contributed by atoms with van der Waals surface area (Å²) < 4.78 is 5.19. The van der Waals surface area contributed by atoms with Gasteiger partial charge in [0, 0.05) is 23.2 Å². The number of carbonyl (C=O) groups excluding carboxylic acids is 3. The molecular formula is C21H21NO4S. The third-order valence-corrected chi connectivity index (χ3v) is 5.58. The highest BCUT2D eigenvalue weighted by Crippen LogP contribution is 2.28. The Labute approximate surface area is 162 Å². The van der Waals surface area contributed by atoms with Gasteiger partial charge in [-0.05, 0) is 49.7 Å². The molecule has 0 bridgehead atoms. The third-order valence-electron chi connectivity index (χ3n) is 4.49. The van der Waals surface area contributed by atoms with E-state index < -0.39 is 11.2 Å². The number of nitrogens with zero attached hydrogens (tertiary/aromatic N) is 1. The minimum atomic E-state index is -0.426. The van der Waals surface area contributed by atoms with E-state index in [1.807, 2.05) is 31.2 Å². The molecule has 2 aromatic carbocycles. The maximum atomic E-state index is 12.3. The monoisotopic (exact) mass is 383 g/mol. The molecule has 1 heterocycles. The van der Waals surface area contributed by atoms with E-state index in [1.165, 1.54) is 11.8 Å². The van der Waals surface area contributed by atoms with Crippen molar-refractivity contribution in [2.24, 2.45) is 0 Å². The smallest absolute Gasteiger partial charge is 0.319 e. The van der Waals surface area contributed by atoms with Crippen LogP contribution in [0, 0.1) is 6.92 Å². The molecular weight excluding hydrogens is 362 g/mol. The molecule has 140 valence electrons. The molecule has 1 aliphatic rings. The van der Waals surface area contributed by atoms with E-state index in [0.29, 0.717) is 5.56 Å². The van der Waals surface area contributed by atoms with Crippen molar-refractivity contribution in [1.82, 2.24) is 0 Å². The Kier molecular flexibility index (Phi) is 5.65. The van der Waals surface area contributed by atoms with Gasteiger partial charge in [-0.1, -0.05) is 17.7 Å². The minimum Gasteiger partial charge on any atom is -0.456 e. The number of rotatable bonds is 6. The van der Waals surface area contributed by atoms with Crippen LogP contribution in [-0.2, 0) is 20.7 Å². The number of aryl methyl sites for hydroxylation is 1. The van der Waals surface area contributed by atoms with E-state index >= 15 is 0 Å².